The number of nitrogens with zero attached hydrogens (tertiary/aromatic N) is 2. The van der Waals surface area contributed by atoms with Crippen molar-refractivity contribution in [2.24, 2.45) is 0 Å². The third-order valence-corrected chi connectivity index (χ3v) is 15.3. The molecule has 0 fully saturated rings. The van der Waals surface area contributed by atoms with E-state index in [9.17, 15) is 0 Å². The van der Waals surface area contributed by atoms with Crippen LogP contribution in [-0.2, 0) is 0 Å². The first-order chi connectivity index (χ1) is 37.7. The van der Waals surface area contributed by atoms with Gasteiger partial charge in [-0.1, -0.05) is 154 Å². The summed E-state index contributed by atoms with van der Waals surface area (Å²) >= 11 is 0. The second-order valence-electron chi connectivity index (χ2n) is 21.7. The van der Waals surface area contributed by atoms with Gasteiger partial charge in [-0.05, 0) is 219 Å². The molecule has 78 heavy (non-hydrogen) atoms. The quantitative estimate of drug-likeness (QED) is 0.114. The molecule has 0 saturated heterocycles. The molecule has 12 aromatic carbocycles. The molecule has 12 rings (SSSR count). The zero-order chi connectivity index (χ0) is 53.9. The van der Waals surface area contributed by atoms with Crippen LogP contribution in [0.5, 0.6) is 11.5 Å². The Morgan fingerprint density at radius 3 is 0.769 bits per heavy atom. The van der Waals surface area contributed by atoms with Crippen LogP contribution in [0.25, 0.3) is 76.8 Å². The summed E-state index contributed by atoms with van der Waals surface area (Å²) in [5, 5.41) is 7.13. The Kier molecular flexibility index (Phi) is 12.8. The first-order valence-corrected chi connectivity index (χ1v) is 27.0. The number of ether oxygens (including phenoxy) is 2. The van der Waals surface area contributed by atoms with Crippen LogP contribution >= 0.6 is 0 Å². The third-order valence-electron chi connectivity index (χ3n) is 15.3. The largest absolute Gasteiger partial charge is 0.497 e. The highest BCUT2D eigenvalue weighted by Crippen LogP contribution is 2.50. The number of hydrogen-bond acceptors (Lipinski definition) is 4. The van der Waals surface area contributed by atoms with Crippen molar-refractivity contribution in [3.05, 3.63) is 251 Å². The molecule has 0 heterocycles. The summed E-state index contributed by atoms with van der Waals surface area (Å²) in [6, 6.07) is 77.2. The molecule has 0 bridgehead atoms. The van der Waals surface area contributed by atoms with Crippen molar-refractivity contribution in [1.29, 1.82) is 0 Å². The average molecular weight is 1010 g/mol. The van der Waals surface area contributed by atoms with Gasteiger partial charge in [0.1, 0.15) is 11.5 Å². The van der Waals surface area contributed by atoms with Crippen LogP contribution in [-0.4, -0.2) is 14.2 Å². The Hall–Kier alpha value is -9.12. The van der Waals surface area contributed by atoms with Gasteiger partial charge in [-0.15, -0.1) is 0 Å². The molecule has 0 aliphatic carbocycles. The van der Waals surface area contributed by atoms with Crippen LogP contribution in [0.4, 0.5) is 34.1 Å². The molecule has 0 N–H and O–H groups in total. The van der Waals surface area contributed by atoms with Gasteiger partial charge in [0.25, 0.3) is 0 Å². The molecule has 0 aromatic heterocycles. The maximum atomic E-state index is 5.76. The predicted molar refractivity (Wildman–Crippen MR) is 332 cm³/mol. The Bertz CT molecular complexity index is 3770. The topological polar surface area (TPSA) is 24.9 Å². The average Bonchev–Trinajstić information content (AvgIpc) is 3.47. The number of hydrogen-bond donors (Lipinski definition) is 0. The van der Waals surface area contributed by atoms with Gasteiger partial charge in [0, 0.05) is 33.5 Å². The van der Waals surface area contributed by atoms with E-state index in [2.05, 4.69) is 271 Å². The van der Waals surface area contributed by atoms with E-state index < -0.39 is 0 Å². The third kappa shape index (κ3) is 9.49. The van der Waals surface area contributed by atoms with Crippen molar-refractivity contribution in [2.75, 3.05) is 24.0 Å². The highest BCUT2D eigenvalue weighted by Gasteiger charge is 2.24. The van der Waals surface area contributed by atoms with Crippen LogP contribution in [0.1, 0.15) is 44.5 Å². The molecule has 0 unspecified atom stereocenters. The highest BCUT2D eigenvalue weighted by molar-refractivity contribution is 6.28. The fraction of sp³-hybridized carbons (Fsp3) is 0.135. The van der Waals surface area contributed by atoms with E-state index in [1.807, 2.05) is 0 Å². The van der Waals surface area contributed by atoms with Crippen LogP contribution < -0.4 is 19.3 Å². The number of aryl methyl sites for hydroxylation is 8. The predicted octanol–water partition coefficient (Wildman–Crippen LogP) is 20.7. The molecule has 12 aromatic rings. The Labute approximate surface area is 459 Å². The molecular weight excluding hydrogens is 949 g/mol. The minimum Gasteiger partial charge on any atom is -0.497 e. The van der Waals surface area contributed by atoms with Crippen molar-refractivity contribution in [3.8, 4) is 56.0 Å². The summed E-state index contributed by atoms with van der Waals surface area (Å²) in [5.74, 6) is 1.62. The lowest BCUT2D eigenvalue weighted by atomic mass is 9.91. The van der Waals surface area contributed by atoms with Gasteiger partial charge >= 0.3 is 0 Å². The number of anilines is 6. The standard InChI is InChI=1S/C74H64N2O2/c1-45-27-46(2)32-55(31-45)59-39-60(56-33-47(3)28-48(4)34-56)42-65(41-59)75(63-15-19-67(77-9)20-16-63)71-25-13-53-12-24-70-72(26-14-54-11-23-69(71)73(53)74(54)70)76(64-17-21-68(78-10)22-18-64)66-43-61(57-35-49(5)29-50(6)36-57)40-62(44-66)58-37-51(7)30-52(8)38-58/h11-44H,1-10H3. The van der Waals surface area contributed by atoms with Crippen molar-refractivity contribution < 1.29 is 9.47 Å². The van der Waals surface area contributed by atoms with Gasteiger partial charge in [-0.25, -0.2) is 0 Å². The molecule has 0 atom stereocenters. The van der Waals surface area contributed by atoms with Gasteiger partial charge in [0.15, 0.2) is 0 Å². The summed E-state index contributed by atoms with van der Waals surface area (Å²) in [6.45, 7) is 17.5. The van der Waals surface area contributed by atoms with E-state index in [0.717, 1.165) is 78.6 Å². The van der Waals surface area contributed by atoms with Crippen LogP contribution in [0.2, 0.25) is 0 Å². The van der Waals surface area contributed by atoms with Crippen molar-refractivity contribution >= 4 is 66.4 Å². The minimum atomic E-state index is 0.809. The summed E-state index contributed by atoms with van der Waals surface area (Å²) < 4.78 is 11.5. The van der Waals surface area contributed by atoms with Crippen LogP contribution in [0.3, 0.4) is 0 Å². The van der Waals surface area contributed by atoms with Crippen molar-refractivity contribution in [2.45, 2.75) is 55.4 Å². The molecule has 382 valence electrons. The molecule has 0 amide bonds. The maximum Gasteiger partial charge on any atom is 0.119 e. The SMILES string of the molecule is COc1ccc(N(c2cc(-c3cc(C)cc(C)c3)cc(-c3cc(C)cc(C)c3)c2)c2ccc3ccc4c(N(c5ccc(OC)cc5)c5cc(-c6cc(C)cc(C)c6)cc(-c6cc(C)cc(C)c6)c5)ccc5ccc2c3c54)cc1. The maximum absolute atomic E-state index is 5.76. The molecule has 0 aliphatic rings. The summed E-state index contributed by atoms with van der Waals surface area (Å²) in [6.07, 6.45) is 0. The van der Waals surface area contributed by atoms with Gasteiger partial charge in [0.05, 0.1) is 25.6 Å². The Morgan fingerprint density at radius 1 is 0.244 bits per heavy atom. The molecule has 4 nitrogen and oxygen atoms in total. The normalized spacial score (nSPS) is 11.5. The number of rotatable bonds is 12. The first kappa shape index (κ1) is 49.7. The van der Waals surface area contributed by atoms with Gasteiger partial charge < -0.3 is 19.3 Å². The van der Waals surface area contributed by atoms with E-state index in [-0.39, 0.29) is 0 Å². The highest BCUT2D eigenvalue weighted by atomic mass is 16.5. The Morgan fingerprint density at radius 2 is 0.500 bits per heavy atom. The molecule has 0 saturated carbocycles. The molecule has 0 aliphatic heterocycles. The van der Waals surface area contributed by atoms with Crippen LogP contribution in [0, 0.1) is 55.4 Å². The van der Waals surface area contributed by atoms with E-state index in [1.54, 1.807) is 14.2 Å². The monoisotopic (exact) mass is 1010 g/mol. The minimum absolute atomic E-state index is 0.809. The van der Waals surface area contributed by atoms with E-state index in [4.69, 9.17) is 9.47 Å². The fourth-order valence-electron chi connectivity index (χ4n) is 12.2. The number of methoxy groups -OCH3 is 2. The van der Waals surface area contributed by atoms with Gasteiger partial charge in [-0.3, -0.25) is 0 Å². The first-order valence-electron chi connectivity index (χ1n) is 27.0. The van der Waals surface area contributed by atoms with E-state index in [1.165, 1.54) is 88.3 Å². The molecule has 4 heteroatoms. The lowest BCUT2D eigenvalue weighted by Crippen LogP contribution is -2.12. The van der Waals surface area contributed by atoms with E-state index >= 15 is 0 Å². The zero-order valence-electron chi connectivity index (χ0n) is 46.3. The summed E-state index contributed by atoms with van der Waals surface area (Å²) in [7, 11) is 3.46. The second kappa shape index (κ2) is 20.1. The van der Waals surface area contributed by atoms with Crippen molar-refractivity contribution in [3.63, 3.8) is 0 Å². The molecule has 0 spiro atoms. The van der Waals surface area contributed by atoms with Crippen molar-refractivity contribution in [1.82, 2.24) is 0 Å². The fourth-order valence-corrected chi connectivity index (χ4v) is 12.2. The zero-order valence-corrected chi connectivity index (χ0v) is 46.3. The van der Waals surface area contributed by atoms with E-state index in [0.29, 0.717) is 0 Å². The molecule has 0 radical (unpaired) electrons. The second-order valence-corrected chi connectivity index (χ2v) is 21.7. The summed E-state index contributed by atoms with van der Waals surface area (Å²) in [5.41, 5.74) is 25.7. The molecular formula is C74H64N2O2. The Balaban J connectivity index is 1.12. The van der Waals surface area contributed by atoms with Gasteiger partial charge in [0.2, 0.25) is 0 Å². The van der Waals surface area contributed by atoms with Gasteiger partial charge in [-0.2, -0.15) is 0 Å². The lowest BCUT2D eigenvalue weighted by Gasteiger charge is -2.30. The summed E-state index contributed by atoms with van der Waals surface area (Å²) in [4.78, 5) is 4.89. The van der Waals surface area contributed by atoms with Crippen LogP contribution in [0.15, 0.2) is 206 Å². The number of benzene rings is 12. The smallest absolute Gasteiger partial charge is 0.119 e. The lowest BCUT2D eigenvalue weighted by molar-refractivity contribution is 0.414.